The highest BCUT2D eigenvalue weighted by molar-refractivity contribution is 6.01. The van der Waals surface area contributed by atoms with Crippen LogP contribution in [0, 0.1) is 0 Å². The standard InChI is InChI=1S/C25H28FN7O2/c1-27-22-11-19(16-13-32(20-8-2-6-17(20)26)23-14(16)5-4-10-28-23)30-24-15(12-29-33(22)24)25(35)31-18-7-3-9-21(18)34/h4-5,10-13,17-18,20-21,27,34H,2-3,6-9H2,1H3,(H,31,35)/t17-,18+,20+,21-/m0/s1. The van der Waals surface area contributed by atoms with E-state index in [9.17, 15) is 14.3 Å². The van der Waals surface area contributed by atoms with Gasteiger partial charge < -0.3 is 20.3 Å². The Morgan fingerprint density at radius 3 is 2.80 bits per heavy atom. The van der Waals surface area contributed by atoms with Crippen LogP contribution in [0.4, 0.5) is 10.2 Å². The number of rotatable bonds is 5. The molecule has 0 aromatic carbocycles. The van der Waals surface area contributed by atoms with Gasteiger partial charge in [0.15, 0.2) is 5.65 Å². The molecule has 0 saturated heterocycles. The largest absolute Gasteiger partial charge is 0.391 e. The number of aromatic nitrogens is 5. The molecule has 0 bridgehead atoms. The Morgan fingerprint density at radius 2 is 2.06 bits per heavy atom. The molecule has 182 valence electrons. The molecule has 2 aliphatic rings. The predicted octanol–water partition coefficient (Wildman–Crippen LogP) is 3.49. The third-order valence-corrected chi connectivity index (χ3v) is 7.39. The SMILES string of the molecule is CNc1cc(-c2cn([C@@H]3CCC[C@@H]3F)c3ncccc23)nc2c(C(=O)N[C@@H]3CCC[C@@H]3O)cnn12. The lowest BCUT2D eigenvalue weighted by atomic mass is 10.1. The van der Waals surface area contributed by atoms with Crippen LogP contribution in [0.25, 0.3) is 27.9 Å². The van der Waals surface area contributed by atoms with Crippen LogP contribution in [0.5, 0.6) is 0 Å². The zero-order valence-corrected chi connectivity index (χ0v) is 19.5. The molecule has 0 radical (unpaired) electrons. The molecular weight excluding hydrogens is 449 g/mol. The maximum Gasteiger partial charge on any atom is 0.257 e. The lowest BCUT2D eigenvalue weighted by molar-refractivity contribution is 0.0874. The smallest absolute Gasteiger partial charge is 0.257 e. The molecule has 0 spiro atoms. The molecule has 4 atom stereocenters. The van der Waals surface area contributed by atoms with Gasteiger partial charge in [0.05, 0.1) is 30.1 Å². The van der Waals surface area contributed by atoms with Crippen molar-refractivity contribution in [1.29, 1.82) is 0 Å². The molecule has 0 aliphatic heterocycles. The molecule has 35 heavy (non-hydrogen) atoms. The van der Waals surface area contributed by atoms with Crippen molar-refractivity contribution >= 4 is 28.4 Å². The zero-order valence-electron chi connectivity index (χ0n) is 19.5. The molecule has 4 aromatic rings. The Labute approximate surface area is 201 Å². The summed E-state index contributed by atoms with van der Waals surface area (Å²) in [4.78, 5) is 22.5. The van der Waals surface area contributed by atoms with Gasteiger partial charge in [-0.1, -0.05) is 0 Å². The summed E-state index contributed by atoms with van der Waals surface area (Å²) in [6, 6.07) is 5.18. The summed E-state index contributed by atoms with van der Waals surface area (Å²) < 4.78 is 18.2. The van der Waals surface area contributed by atoms with E-state index < -0.39 is 12.3 Å². The minimum atomic E-state index is -0.903. The Balaban J connectivity index is 1.47. The van der Waals surface area contributed by atoms with E-state index in [0.29, 0.717) is 35.6 Å². The minimum Gasteiger partial charge on any atom is -0.391 e. The summed E-state index contributed by atoms with van der Waals surface area (Å²) in [6.07, 6.45) is 8.21. The number of nitrogens with one attached hydrogen (secondary N) is 2. The first-order valence-corrected chi connectivity index (χ1v) is 12.2. The van der Waals surface area contributed by atoms with E-state index >= 15 is 0 Å². The third-order valence-electron chi connectivity index (χ3n) is 7.39. The average molecular weight is 478 g/mol. The highest BCUT2D eigenvalue weighted by Crippen LogP contribution is 2.38. The van der Waals surface area contributed by atoms with Crippen LogP contribution < -0.4 is 10.6 Å². The topological polar surface area (TPSA) is 109 Å². The second kappa shape index (κ2) is 8.60. The van der Waals surface area contributed by atoms with E-state index in [2.05, 4.69) is 20.7 Å². The van der Waals surface area contributed by atoms with Gasteiger partial charge in [-0.05, 0) is 50.7 Å². The molecule has 0 unspecified atom stereocenters. The Kier molecular flexibility index (Phi) is 5.40. The number of pyridine rings is 1. The highest BCUT2D eigenvalue weighted by atomic mass is 19.1. The van der Waals surface area contributed by atoms with Gasteiger partial charge >= 0.3 is 0 Å². The van der Waals surface area contributed by atoms with Gasteiger partial charge in [-0.15, -0.1) is 0 Å². The Bertz CT molecular complexity index is 1410. The number of carbonyl (C=O) groups is 1. The number of amides is 1. The van der Waals surface area contributed by atoms with Crippen LogP contribution in [0.1, 0.15) is 54.9 Å². The van der Waals surface area contributed by atoms with Crippen LogP contribution in [0.3, 0.4) is 0 Å². The van der Waals surface area contributed by atoms with Gasteiger partial charge in [0.2, 0.25) is 0 Å². The molecule has 2 aliphatic carbocycles. The van der Waals surface area contributed by atoms with Crippen molar-refractivity contribution in [3.05, 3.63) is 42.4 Å². The number of anilines is 1. The second-order valence-electron chi connectivity index (χ2n) is 9.49. The van der Waals surface area contributed by atoms with Crippen molar-refractivity contribution in [2.45, 2.75) is 62.9 Å². The number of hydrogen-bond acceptors (Lipinski definition) is 6. The van der Waals surface area contributed by atoms with Crippen LogP contribution in [-0.4, -0.2) is 60.5 Å². The normalized spacial score (nSPS) is 24.4. The van der Waals surface area contributed by atoms with Crippen LogP contribution in [0.15, 0.2) is 36.8 Å². The number of hydrogen-bond donors (Lipinski definition) is 3. The van der Waals surface area contributed by atoms with Crippen molar-refractivity contribution in [3.8, 4) is 11.3 Å². The van der Waals surface area contributed by atoms with Gasteiger partial charge in [0, 0.05) is 36.5 Å². The third kappa shape index (κ3) is 3.63. The number of halogens is 1. The molecule has 3 N–H and O–H groups in total. The maximum absolute atomic E-state index is 14.7. The fourth-order valence-corrected chi connectivity index (χ4v) is 5.54. The van der Waals surface area contributed by atoms with Crippen molar-refractivity contribution in [3.63, 3.8) is 0 Å². The lowest BCUT2D eigenvalue weighted by Crippen LogP contribution is -2.39. The maximum atomic E-state index is 14.7. The van der Waals surface area contributed by atoms with E-state index in [0.717, 1.165) is 42.3 Å². The van der Waals surface area contributed by atoms with E-state index in [1.54, 1.807) is 17.8 Å². The predicted molar refractivity (Wildman–Crippen MR) is 130 cm³/mol. The molecule has 9 nitrogen and oxygen atoms in total. The van der Waals surface area contributed by atoms with Gasteiger partial charge in [-0.3, -0.25) is 4.79 Å². The van der Waals surface area contributed by atoms with Gasteiger partial charge in [-0.25, -0.2) is 14.4 Å². The van der Waals surface area contributed by atoms with Crippen molar-refractivity contribution in [2.24, 2.45) is 0 Å². The first kappa shape index (κ1) is 22.0. The second-order valence-corrected chi connectivity index (χ2v) is 9.49. The molecule has 4 aromatic heterocycles. The first-order chi connectivity index (χ1) is 17.0. The van der Waals surface area contributed by atoms with Crippen LogP contribution in [0.2, 0.25) is 0 Å². The monoisotopic (exact) mass is 477 g/mol. The number of fused-ring (bicyclic) bond motifs is 2. The summed E-state index contributed by atoms with van der Waals surface area (Å²) in [6.45, 7) is 0. The molecule has 6 rings (SSSR count). The quantitative estimate of drug-likeness (QED) is 0.406. The van der Waals surface area contributed by atoms with E-state index in [-0.39, 0.29) is 18.0 Å². The number of carbonyl (C=O) groups excluding carboxylic acids is 1. The number of nitrogens with zero attached hydrogens (tertiary/aromatic N) is 5. The van der Waals surface area contributed by atoms with Crippen molar-refractivity contribution in [1.82, 2.24) is 29.5 Å². The zero-order chi connectivity index (χ0) is 24.1. The Hall–Kier alpha value is -3.53. The van der Waals surface area contributed by atoms with Gasteiger partial charge in [0.1, 0.15) is 23.2 Å². The lowest BCUT2D eigenvalue weighted by Gasteiger charge is -2.16. The molecule has 2 saturated carbocycles. The first-order valence-electron chi connectivity index (χ1n) is 12.2. The molecule has 10 heteroatoms. The molecule has 2 fully saturated rings. The van der Waals surface area contributed by atoms with E-state index in [4.69, 9.17) is 4.98 Å². The summed E-state index contributed by atoms with van der Waals surface area (Å²) in [5, 5.41) is 21.5. The molecule has 4 heterocycles. The fraction of sp³-hybridized carbons (Fsp3) is 0.440. The summed E-state index contributed by atoms with van der Waals surface area (Å²) in [5.74, 6) is 0.354. The van der Waals surface area contributed by atoms with Gasteiger partial charge in [0.25, 0.3) is 5.91 Å². The molecular formula is C25H28FN7O2. The highest BCUT2D eigenvalue weighted by Gasteiger charge is 2.31. The number of alkyl halides is 1. The Morgan fingerprint density at radius 1 is 1.20 bits per heavy atom. The summed E-state index contributed by atoms with van der Waals surface area (Å²) >= 11 is 0. The fourth-order valence-electron chi connectivity index (χ4n) is 5.54. The van der Waals surface area contributed by atoms with Crippen molar-refractivity contribution < 1.29 is 14.3 Å². The number of aliphatic hydroxyl groups excluding tert-OH is 1. The minimum absolute atomic E-state index is 0.247. The van der Waals surface area contributed by atoms with Gasteiger partial charge in [-0.2, -0.15) is 9.61 Å². The van der Waals surface area contributed by atoms with E-state index in [1.807, 2.05) is 29.0 Å². The molecule has 1 amide bonds. The summed E-state index contributed by atoms with van der Waals surface area (Å²) in [5.41, 5.74) is 2.94. The van der Waals surface area contributed by atoms with Crippen LogP contribution >= 0.6 is 0 Å². The van der Waals surface area contributed by atoms with Crippen molar-refractivity contribution in [2.75, 3.05) is 12.4 Å². The summed E-state index contributed by atoms with van der Waals surface area (Å²) in [7, 11) is 1.78. The average Bonchev–Trinajstić information content (AvgIpc) is 3.65. The van der Waals surface area contributed by atoms with Crippen LogP contribution in [-0.2, 0) is 0 Å². The number of aliphatic hydroxyl groups is 1. The van der Waals surface area contributed by atoms with E-state index in [1.165, 1.54) is 6.20 Å².